The number of hydrogen-bond donors (Lipinski definition) is 0. The third-order valence-corrected chi connectivity index (χ3v) is 5.38. The Hall–Kier alpha value is -2.53. The monoisotopic (exact) mass is 397 g/mol. The van der Waals surface area contributed by atoms with Gasteiger partial charge in [-0.25, -0.2) is 0 Å². The molecule has 0 aliphatic heterocycles. The topological polar surface area (TPSA) is 48.0 Å². The van der Waals surface area contributed by atoms with Crippen LogP contribution in [0.2, 0.25) is 0 Å². The number of ether oxygens (including phenoxy) is 3. The summed E-state index contributed by atoms with van der Waals surface area (Å²) < 4.78 is 16.4. The molecular weight excluding hydrogens is 366 g/mol. The average molecular weight is 398 g/mol. The fraction of sp³-hybridized carbons (Fsp3) is 0.458. The lowest BCUT2D eigenvalue weighted by molar-refractivity contribution is 0.0661. The summed E-state index contributed by atoms with van der Waals surface area (Å²) in [5.74, 6) is 1.46. The normalized spacial score (nSPS) is 15.1. The number of carbonyl (C=O) groups excluding carboxylic acids is 1. The molecule has 1 atom stereocenters. The van der Waals surface area contributed by atoms with Crippen LogP contribution in [0.4, 0.5) is 0 Å². The first-order valence-electron chi connectivity index (χ1n) is 10.3. The van der Waals surface area contributed by atoms with Crippen molar-refractivity contribution in [2.24, 2.45) is 0 Å². The molecular formula is C24H31NO4. The summed E-state index contributed by atoms with van der Waals surface area (Å²) in [6.07, 6.45) is 4.44. The van der Waals surface area contributed by atoms with Crippen molar-refractivity contribution < 1.29 is 19.0 Å². The predicted octanol–water partition coefficient (Wildman–Crippen LogP) is 4.69. The van der Waals surface area contributed by atoms with E-state index in [9.17, 15) is 4.79 Å². The smallest absolute Gasteiger partial charge is 0.258 e. The molecule has 0 spiro atoms. The van der Waals surface area contributed by atoms with Gasteiger partial charge >= 0.3 is 0 Å². The molecule has 2 aromatic carbocycles. The van der Waals surface area contributed by atoms with Gasteiger partial charge in [-0.05, 0) is 49.6 Å². The van der Waals surface area contributed by atoms with Gasteiger partial charge in [0, 0.05) is 19.7 Å². The van der Waals surface area contributed by atoms with Crippen LogP contribution in [0.3, 0.4) is 0 Å². The number of nitrogens with zero attached hydrogens (tertiary/aromatic N) is 1. The van der Waals surface area contributed by atoms with Gasteiger partial charge in [-0.15, -0.1) is 0 Å². The molecule has 0 bridgehead atoms. The maximum Gasteiger partial charge on any atom is 0.258 e. The molecule has 156 valence electrons. The fourth-order valence-electron chi connectivity index (χ4n) is 3.93. The van der Waals surface area contributed by atoms with Crippen LogP contribution in [0.1, 0.15) is 48.5 Å². The highest BCUT2D eigenvalue weighted by Gasteiger charge is 2.29. The maximum absolute atomic E-state index is 13.4. The molecule has 0 radical (unpaired) electrons. The summed E-state index contributed by atoms with van der Waals surface area (Å²) in [5.41, 5.74) is 1.71. The van der Waals surface area contributed by atoms with Gasteiger partial charge in [0.15, 0.2) is 0 Å². The van der Waals surface area contributed by atoms with Gasteiger partial charge in [0.1, 0.15) is 17.6 Å². The maximum atomic E-state index is 13.4. The molecule has 0 N–H and O–H groups in total. The summed E-state index contributed by atoms with van der Waals surface area (Å²) in [7, 11) is 3.27. The van der Waals surface area contributed by atoms with Crippen LogP contribution in [0.15, 0.2) is 48.5 Å². The SMILES string of the molecule is COCC(C)Oc1ccc(CN(C(=O)c2ccccc2OC)C2CCCC2)cc1. The van der Waals surface area contributed by atoms with Crippen LogP contribution < -0.4 is 9.47 Å². The minimum absolute atomic E-state index is 0.00652. The van der Waals surface area contributed by atoms with Crippen LogP contribution in [0.25, 0.3) is 0 Å². The van der Waals surface area contributed by atoms with E-state index >= 15 is 0 Å². The number of para-hydroxylation sites is 1. The molecule has 5 heteroatoms. The highest BCUT2D eigenvalue weighted by Crippen LogP contribution is 2.29. The first kappa shape index (κ1) is 21.2. The highest BCUT2D eigenvalue weighted by molar-refractivity contribution is 5.97. The molecule has 1 aliphatic rings. The van der Waals surface area contributed by atoms with Gasteiger partial charge < -0.3 is 19.1 Å². The van der Waals surface area contributed by atoms with Gasteiger partial charge in [-0.3, -0.25) is 4.79 Å². The molecule has 1 saturated carbocycles. The summed E-state index contributed by atoms with van der Waals surface area (Å²) in [4.78, 5) is 15.4. The van der Waals surface area contributed by atoms with E-state index in [1.54, 1.807) is 14.2 Å². The molecule has 2 aromatic rings. The number of carbonyl (C=O) groups is 1. The number of amides is 1. The van der Waals surface area contributed by atoms with Crippen molar-refractivity contribution in [3.05, 3.63) is 59.7 Å². The molecule has 0 heterocycles. The summed E-state index contributed by atoms with van der Waals surface area (Å²) >= 11 is 0. The average Bonchev–Trinajstić information content (AvgIpc) is 3.27. The van der Waals surface area contributed by atoms with Gasteiger partial charge in [-0.2, -0.15) is 0 Å². The molecule has 5 nitrogen and oxygen atoms in total. The first-order valence-corrected chi connectivity index (χ1v) is 10.3. The van der Waals surface area contributed by atoms with E-state index in [4.69, 9.17) is 14.2 Å². The van der Waals surface area contributed by atoms with Gasteiger partial charge in [0.05, 0.1) is 19.3 Å². The van der Waals surface area contributed by atoms with E-state index in [1.165, 1.54) is 12.8 Å². The predicted molar refractivity (Wildman–Crippen MR) is 114 cm³/mol. The van der Waals surface area contributed by atoms with Crippen LogP contribution in [-0.4, -0.2) is 43.8 Å². The van der Waals surface area contributed by atoms with Crippen molar-refractivity contribution in [3.8, 4) is 11.5 Å². The lowest BCUT2D eigenvalue weighted by Crippen LogP contribution is -2.38. The molecule has 3 rings (SSSR count). The molecule has 1 unspecified atom stereocenters. The van der Waals surface area contributed by atoms with Gasteiger partial charge in [0.2, 0.25) is 0 Å². The Balaban J connectivity index is 1.77. The van der Waals surface area contributed by atoms with Crippen molar-refractivity contribution in [1.82, 2.24) is 4.90 Å². The highest BCUT2D eigenvalue weighted by atomic mass is 16.5. The number of hydrogen-bond acceptors (Lipinski definition) is 4. The zero-order valence-electron chi connectivity index (χ0n) is 17.6. The van der Waals surface area contributed by atoms with Crippen molar-refractivity contribution in [1.29, 1.82) is 0 Å². The van der Waals surface area contributed by atoms with E-state index in [-0.39, 0.29) is 18.1 Å². The Morgan fingerprint density at radius 2 is 1.76 bits per heavy atom. The van der Waals surface area contributed by atoms with Crippen LogP contribution in [-0.2, 0) is 11.3 Å². The first-order chi connectivity index (χ1) is 14.1. The molecule has 0 saturated heterocycles. The molecule has 0 aromatic heterocycles. The fourth-order valence-corrected chi connectivity index (χ4v) is 3.93. The summed E-state index contributed by atoms with van der Waals surface area (Å²) in [6.45, 7) is 3.10. The van der Waals surface area contributed by atoms with E-state index < -0.39 is 0 Å². The van der Waals surface area contributed by atoms with Crippen LogP contribution in [0.5, 0.6) is 11.5 Å². The van der Waals surface area contributed by atoms with Gasteiger partial charge in [-0.1, -0.05) is 37.1 Å². The van der Waals surface area contributed by atoms with E-state index in [0.717, 1.165) is 24.2 Å². The third-order valence-electron chi connectivity index (χ3n) is 5.38. The zero-order valence-corrected chi connectivity index (χ0v) is 17.6. The van der Waals surface area contributed by atoms with Crippen molar-refractivity contribution >= 4 is 5.91 Å². The molecule has 1 aliphatic carbocycles. The quantitative estimate of drug-likeness (QED) is 0.616. The van der Waals surface area contributed by atoms with Crippen molar-refractivity contribution in [3.63, 3.8) is 0 Å². The lowest BCUT2D eigenvalue weighted by Gasteiger charge is -2.30. The van der Waals surface area contributed by atoms with E-state index in [1.807, 2.05) is 60.4 Å². The standard InChI is InChI=1S/C24H31NO4/c1-18(17-27-2)29-21-14-12-19(13-15-21)16-25(20-8-4-5-9-20)24(26)22-10-6-7-11-23(22)28-3/h6-7,10-15,18,20H,4-5,8-9,16-17H2,1-3H3. The Bertz CT molecular complexity index is 784. The van der Waals surface area contributed by atoms with Crippen LogP contribution in [0, 0.1) is 0 Å². The lowest BCUT2D eigenvalue weighted by atomic mass is 10.1. The van der Waals surface area contributed by atoms with Crippen molar-refractivity contribution in [2.75, 3.05) is 20.8 Å². The minimum Gasteiger partial charge on any atom is -0.496 e. The second kappa shape index (κ2) is 10.3. The minimum atomic E-state index is -0.00652. The number of rotatable bonds is 9. The summed E-state index contributed by atoms with van der Waals surface area (Å²) in [5, 5.41) is 0. The number of benzene rings is 2. The second-order valence-electron chi connectivity index (χ2n) is 7.60. The van der Waals surface area contributed by atoms with E-state index in [0.29, 0.717) is 24.5 Å². The third kappa shape index (κ3) is 5.51. The van der Waals surface area contributed by atoms with Crippen molar-refractivity contribution in [2.45, 2.75) is 51.3 Å². The van der Waals surface area contributed by atoms with Crippen LogP contribution >= 0.6 is 0 Å². The Labute approximate surface area is 173 Å². The summed E-state index contributed by atoms with van der Waals surface area (Å²) in [6, 6.07) is 15.7. The largest absolute Gasteiger partial charge is 0.496 e. The zero-order chi connectivity index (χ0) is 20.6. The van der Waals surface area contributed by atoms with E-state index in [2.05, 4.69) is 0 Å². The molecule has 29 heavy (non-hydrogen) atoms. The Morgan fingerprint density at radius 1 is 1.07 bits per heavy atom. The molecule has 1 amide bonds. The van der Waals surface area contributed by atoms with Gasteiger partial charge in [0.25, 0.3) is 5.91 Å². The molecule has 1 fully saturated rings. The Morgan fingerprint density at radius 3 is 2.41 bits per heavy atom. The number of methoxy groups -OCH3 is 2. The Kier molecular flexibility index (Phi) is 7.53. The second-order valence-corrected chi connectivity index (χ2v) is 7.60.